The lowest BCUT2D eigenvalue weighted by molar-refractivity contribution is -0.147. The van der Waals surface area contributed by atoms with E-state index in [9.17, 15) is 14.4 Å². The third-order valence-electron chi connectivity index (χ3n) is 5.14. The maximum Gasteiger partial charge on any atom is 0.311 e. The highest BCUT2D eigenvalue weighted by atomic mass is 35.5. The highest BCUT2D eigenvalue weighted by molar-refractivity contribution is 6.32. The van der Waals surface area contributed by atoms with E-state index in [1.54, 1.807) is 17.0 Å². The van der Waals surface area contributed by atoms with Gasteiger partial charge in [-0.15, -0.1) is 0 Å². The molecule has 6 nitrogen and oxygen atoms in total. The Kier molecular flexibility index (Phi) is 6.23. The molecule has 2 aromatic rings. The quantitative estimate of drug-likeness (QED) is 0.530. The Morgan fingerprint density at radius 3 is 2.66 bits per heavy atom. The topological polar surface area (TPSA) is 72.9 Å². The van der Waals surface area contributed by atoms with E-state index in [1.165, 1.54) is 13.2 Å². The molecule has 0 bridgehead atoms. The second-order valence-electron chi connectivity index (χ2n) is 7.00. The van der Waals surface area contributed by atoms with Gasteiger partial charge >= 0.3 is 5.97 Å². The summed E-state index contributed by atoms with van der Waals surface area (Å²) in [6, 6.07) is 10.3. The number of amides is 1. The molecule has 3 rings (SSSR count). The maximum absolute atomic E-state index is 12.4. The van der Waals surface area contributed by atoms with Crippen molar-refractivity contribution in [2.75, 3.05) is 25.2 Å². The molecule has 2 aromatic carbocycles. The molecule has 0 radical (unpaired) electrons. The average Bonchev–Trinajstić information content (AvgIpc) is 3.09. The summed E-state index contributed by atoms with van der Waals surface area (Å²) in [5.41, 5.74) is 3.20. The summed E-state index contributed by atoms with van der Waals surface area (Å²) >= 11 is 6.03. The van der Waals surface area contributed by atoms with Gasteiger partial charge in [-0.05, 0) is 49.2 Å². The number of aryl methyl sites for hydroxylation is 1. The first kappa shape index (κ1) is 20.9. The number of nitrogens with zero attached hydrogens (tertiary/aromatic N) is 1. The normalized spacial score (nSPS) is 16.1. The summed E-state index contributed by atoms with van der Waals surface area (Å²) in [6.45, 7) is 3.75. The zero-order valence-electron chi connectivity index (χ0n) is 16.5. The molecule has 0 spiro atoms. The lowest BCUT2D eigenvalue weighted by atomic mass is 10.1. The fourth-order valence-corrected chi connectivity index (χ4v) is 3.56. The summed E-state index contributed by atoms with van der Waals surface area (Å²) < 4.78 is 10.2. The average molecular weight is 416 g/mol. The van der Waals surface area contributed by atoms with Crippen molar-refractivity contribution in [3.05, 3.63) is 58.1 Å². The van der Waals surface area contributed by atoms with Crippen LogP contribution in [0, 0.1) is 19.8 Å². The summed E-state index contributed by atoms with van der Waals surface area (Å²) in [4.78, 5) is 38.8. The monoisotopic (exact) mass is 415 g/mol. The van der Waals surface area contributed by atoms with E-state index in [0.29, 0.717) is 16.3 Å². The number of rotatable bonds is 6. The summed E-state index contributed by atoms with van der Waals surface area (Å²) in [5, 5.41) is 0.301. The molecule has 1 aliphatic heterocycles. The highest BCUT2D eigenvalue weighted by Crippen LogP contribution is 2.30. The van der Waals surface area contributed by atoms with Gasteiger partial charge in [-0.2, -0.15) is 0 Å². The lowest BCUT2D eigenvalue weighted by Gasteiger charge is -2.20. The zero-order valence-corrected chi connectivity index (χ0v) is 17.3. The molecule has 152 valence electrons. The van der Waals surface area contributed by atoms with Crippen molar-refractivity contribution in [3.8, 4) is 5.75 Å². The van der Waals surface area contributed by atoms with E-state index in [4.69, 9.17) is 21.1 Å². The van der Waals surface area contributed by atoms with E-state index in [0.717, 1.165) is 16.8 Å². The maximum atomic E-state index is 12.4. The Morgan fingerprint density at radius 1 is 1.21 bits per heavy atom. The number of anilines is 1. The number of carbonyl (C=O) groups excluding carboxylic acids is 3. The van der Waals surface area contributed by atoms with E-state index in [-0.39, 0.29) is 24.7 Å². The Balaban J connectivity index is 1.61. The largest absolute Gasteiger partial charge is 0.495 e. The molecule has 29 heavy (non-hydrogen) atoms. The predicted molar refractivity (Wildman–Crippen MR) is 110 cm³/mol. The Bertz CT molecular complexity index is 972. The van der Waals surface area contributed by atoms with Gasteiger partial charge in [0.15, 0.2) is 12.4 Å². The number of ether oxygens (including phenoxy) is 2. The molecule has 0 unspecified atom stereocenters. The van der Waals surface area contributed by atoms with E-state index in [2.05, 4.69) is 0 Å². The van der Waals surface area contributed by atoms with Crippen LogP contribution in [0.1, 0.15) is 27.9 Å². The summed E-state index contributed by atoms with van der Waals surface area (Å²) in [7, 11) is 1.48. The van der Waals surface area contributed by atoms with Crippen molar-refractivity contribution in [2.24, 2.45) is 5.92 Å². The first-order chi connectivity index (χ1) is 13.8. The van der Waals surface area contributed by atoms with Crippen molar-refractivity contribution in [1.82, 2.24) is 0 Å². The van der Waals surface area contributed by atoms with Crippen LogP contribution in [0.15, 0.2) is 36.4 Å². The minimum atomic E-state index is -0.602. The molecule has 1 aliphatic rings. The molecule has 7 heteroatoms. The number of Topliss-reactive ketones (excluding diaryl/α,β-unsaturated/α-hetero) is 1. The van der Waals surface area contributed by atoms with Crippen LogP contribution in [0.25, 0.3) is 0 Å². The van der Waals surface area contributed by atoms with Gasteiger partial charge in [0.25, 0.3) is 0 Å². The standard InChI is InChI=1S/C22H22ClNO5/c1-13-5-4-6-18(14(13)2)24-11-16(10-21(24)26)22(27)29-12-19(25)15-7-8-20(28-3)17(23)9-15/h4-9,16H,10-12H2,1-3H3/t16-/m0/s1. The van der Waals surface area contributed by atoms with Gasteiger partial charge in [-0.1, -0.05) is 23.7 Å². The number of benzene rings is 2. The zero-order chi connectivity index (χ0) is 21.1. The molecular formula is C22H22ClNO5. The minimum absolute atomic E-state index is 0.0643. The van der Waals surface area contributed by atoms with Crippen LogP contribution in [0.2, 0.25) is 5.02 Å². The smallest absolute Gasteiger partial charge is 0.311 e. The van der Waals surface area contributed by atoms with Gasteiger partial charge in [0.1, 0.15) is 5.75 Å². The third-order valence-corrected chi connectivity index (χ3v) is 5.44. The number of ketones is 1. The van der Waals surface area contributed by atoms with Gasteiger partial charge < -0.3 is 14.4 Å². The van der Waals surface area contributed by atoms with Crippen LogP contribution in [-0.4, -0.2) is 37.9 Å². The second-order valence-corrected chi connectivity index (χ2v) is 7.41. The number of hydrogen-bond donors (Lipinski definition) is 0. The molecule has 1 heterocycles. The lowest BCUT2D eigenvalue weighted by Crippen LogP contribution is -2.27. The van der Waals surface area contributed by atoms with E-state index < -0.39 is 18.5 Å². The summed E-state index contributed by atoms with van der Waals surface area (Å²) in [6.07, 6.45) is 0.0643. The molecule has 1 fully saturated rings. The first-order valence-corrected chi connectivity index (χ1v) is 9.59. The number of hydrogen-bond acceptors (Lipinski definition) is 5. The molecule has 0 aliphatic carbocycles. The van der Waals surface area contributed by atoms with Crippen molar-refractivity contribution >= 4 is 34.9 Å². The van der Waals surface area contributed by atoms with Gasteiger partial charge in [0.2, 0.25) is 5.91 Å². The SMILES string of the molecule is COc1ccc(C(=O)COC(=O)[C@H]2CC(=O)N(c3cccc(C)c3C)C2)cc1Cl. The van der Waals surface area contributed by atoms with Gasteiger partial charge in [-0.3, -0.25) is 14.4 Å². The van der Waals surface area contributed by atoms with Crippen LogP contribution in [0.3, 0.4) is 0 Å². The Hall–Kier alpha value is -2.86. The number of halogens is 1. The molecular weight excluding hydrogens is 394 g/mol. The van der Waals surface area contributed by atoms with Crippen molar-refractivity contribution in [2.45, 2.75) is 20.3 Å². The van der Waals surface area contributed by atoms with Crippen LogP contribution >= 0.6 is 11.6 Å². The Labute approximate surface area is 174 Å². The third kappa shape index (κ3) is 4.43. The van der Waals surface area contributed by atoms with Gasteiger partial charge in [-0.25, -0.2) is 0 Å². The Morgan fingerprint density at radius 2 is 1.97 bits per heavy atom. The second kappa shape index (κ2) is 8.66. The molecule has 1 amide bonds. The van der Waals surface area contributed by atoms with Crippen molar-refractivity contribution < 1.29 is 23.9 Å². The predicted octanol–water partition coefficient (Wildman–Crippen LogP) is 3.74. The van der Waals surface area contributed by atoms with Gasteiger partial charge in [0.05, 0.1) is 18.1 Å². The molecule has 0 N–H and O–H groups in total. The molecule has 0 saturated carbocycles. The minimum Gasteiger partial charge on any atom is -0.495 e. The van der Waals surface area contributed by atoms with Crippen LogP contribution in [0.5, 0.6) is 5.75 Å². The fourth-order valence-electron chi connectivity index (χ4n) is 3.30. The van der Waals surface area contributed by atoms with Crippen LogP contribution in [-0.2, 0) is 14.3 Å². The van der Waals surface area contributed by atoms with Gasteiger partial charge in [0, 0.05) is 24.2 Å². The van der Waals surface area contributed by atoms with Crippen LogP contribution < -0.4 is 9.64 Å². The molecule has 0 aromatic heterocycles. The summed E-state index contributed by atoms with van der Waals surface area (Å²) in [5.74, 6) is -1.21. The van der Waals surface area contributed by atoms with E-state index in [1.807, 2.05) is 32.0 Å². The fraction of sp³-hybridized carbons (Fsp3) is 0.318. The molecule has 1 atom stereocenters. The molecule has 1 saturated heterocycles. The van der Waals surface area contributed by atoms with E-state index >= 15 is 0 Å². The number of methoxy groups -OCH3 is 1. The van der Waals surface area contributed by atoms with Crippen LogP contribution in [0.4, 0.5) is 5.69 Å². The first-order valence-electron chi connectivity index (χ1n) is 9.21. The van der Waals surface area contributed by atoms with Crippen molar-refractivity contribution in [3.63, 3.8) is 0 Å². The van der Waals surface area contributed by atoms with Crippen molar-refractivity contribution in [1.29, 1.82) is 0 Å². The number of esters is 1. The number of carbonyl (C=O) groups is 3. The highest BCUT2D eigenvalue weighted by Gasteiger charge is 2.37.